The molecule has 1 amide bonds. The molecule has 0 spiro atoms. The number of halogens is 1. The number of amides is 1. The summed E-state index contributed by atoms with van der Waals surface area (Å²) in [6, 6.07) is 13.8. The summed E-state index contributed by atoms with van der Waals surface area (Å²) in [6.07, 6.45) is 3.54. The summed E-state index contributed by atoms with van der Waals surface area (Å²) in [5, 5.41) is 3.29. The Morgan fingerprint density at radius 1 is 1.07 bits per heavy atom. The van der Waals surface area contributed by atoms with E-state index in [2.05, 4.69) is 5.32 Å². The molecule has 156 valence electrons. The van der Waals surface area contributed by atoms with Crippen LogP contribution in [0, 0.1) is 0 Å². The van der Waals surface area contributed by atoms with Gasteiger partial charge in [0.25, 0.3) is 0 Å². The van der Waals surface area contributed by atoms with E-state index in [4.69, 9.17) is 11.6 Å². The summed E-state index contributed by atoms with van der Waals surface area (Å²) >= 11 is 7.39. The molecule has 1 heterocycles. The molecule has 0 saturated carbocycles. The Balaban J connectivity index is 1.64. The van der Waals surface area contributed by atoms with Crippen molar-refractivity contribution in [1.29, 1.82) is 0 Å². The van der Waals surface area contributed by atoms with E-state index < -0.39 is 10.0 Å². The molecule has 5 nitrogen and oxygen atoms in total. The van der Waals surface area contributed by atoms with Crippen molar-refractivity contribution in [3.63, 3.8) is 0 Å². The number of sulfonamides is 1. The van der Waals surface area contributed by atoms with Gasteiger partial charge in [0.05, 0.1) is 10.1 Å². The Labute approximate surface area is 181 Å². The van der Waals surface area contributed by atoms with Crippen LogP contribution in [0.25, 0.3) is 0 Å². The van der Waals surface area contributed by atoms with Gasteiger partial charge in [0.15, 0.2) is 0 Å². The van der Waals surface area contributed by atoms with E-state index in [-0.39, 0.29) is 16.1 Å². The second-order valence-electron chi connectivity index (χ2n) is 6.95. The minimum absolute atomic E-state index is 0.112. The summed E-state index contributed by atoms with van der Waals surface area (Å²) in [5.41, 5.74) is 0.586. The molecule has 1 atom stereocenters. The summed E-state index contributed by atoms with van der Waals surface area (Å²) in [5.74, 6) is -0.112. The van der Waals surface area contributed by atoms with Crippen LogP contribution in [0.3, 0.4) is 0 Å². The molecule has 1 aliphatic rings. The fourth-order valence-electron chi connectivity index (χ4n) is 3.19. The smallest absolute Gasteiger partial charge is 0.243 e. The maximum absolute atomic E-state index is 12.7. The first-order valence-electron chi connectivity index (χ1n) is 9.73. The zero-order valence-corrected chi connectivity index (χ0v) is 18.7. The van der Waals surface area contributed by atoms with Crippen LogP contribution >= 0.6 is 23.4 Å². The van der Waals surface area contributed by atoms with Gasteiger partial charge in [0.2, 0.25) is 15.9 Å². The number of anilines is 1. The van der Waals surface area contributed by atoms with Gasteiger partial charge >= 0.3 is 0 Å². The van der Waals surface area contributed by atoms with Crippen molar-refractivity contribution < 1.29 is 13.2 Å². The van der Waals surface area contributed by atoms with Crippen LogP contribution < -0.4 is 5.32 Å². The van der Waals surface area contributed by atoms with E-state index in [1.54, 1.807) is 40.7 Å². The lowest BCUT2D eigenvalue weighted by Gasteiger charge is -2.25. The van der Waals surface area contributed by atoms with Gasteiger partial charge in [0, 0.05) is 28.7 Å². The number of carbonyl (C=O) groups excluding carboxylic acids is 1. The molecule has 1 fully saturated rings. The largest absolute Gasteiger partial charge is 0.325 e. The Morgan fingerprint density at radius 3 is 2.28 bits per heavy atom. The predicted molar refractivity (Wildman–Crippen MR) is 119 cm³/mol. The molecule has 0 radical (unpaired) electrons. The van der Waals surface area contributed by atoms with Crippen molar-refractivity contribution in [3.8, 4) is 0 Å². The number of benzene rings is 2. The lowest BCUT2D eigenvalue weighted by atomic mass is 10.2. The van der Waals surface area contributed by atoms with Crippen molar-refractivity contribution in [1.82, 2.24) is 4.31 Å². The molecular weight excluding hydrogens is 428 g/mol. The second kappa shape index (κ2) is 9.98. The summed E-state index contributed by atoms with van der Waals surface area (Å²) in [6.45, 7) is 3.10. The number of hydrogen-bond acceptors (Lipinski definition) is 4. The number of nitrogens with zero attached hydrogens (tertiary/aromatic N) is 1. The fourth-order valence-corrected chi connectivity index (χ4v) is 5.78. The average Bonchev–Trinajstić information content (AvgIpc) is 2.74. The van der Waals surface area contributed by atoms with E-state index in [1.807, 2.05) is 19.1 Å². The molecule has 0 bridgehead atoms. The number of carbonyl (C=O) groups is 1. The zero-order valence-electron chi connectivity index (χ0n) is 16.3. The third kappa shape index (κ3) is 5.75. The highest BCUT2D eigenvalue weighted by Gasteiger charge is 2.26. The van der Waals surface area contributed by atoms with E-state index >= 15 is 0 Å². The van der Waals surface area contributed by atoms with Gasteiger partial charge in [-0.05, 0) is 67.8 Å². The van der Waals surface area contributed by atoms with Gasteiger partial charge in [0.1, 0.15) is 0 Å². The van der Waals surface area contributed by atoms with Crippen LogP contribution in [0.1, 0.15) is 32.6 Å². The van der Waals surface area contributed by atoms with E-state index in [0.29, 0.717) is 30.2 Å². The number of piperidine rings is 1. The second-order valence-corrected chi connectivity index (χ2v) is 10.6. The first-order valence-corrected chi connectivity index (χ1v) is 12.4. The highest BCUT2D eigenvalue weighted by atomic mass is 35.5. The van der Waals surface area contributed by atoms with E-state index in [9.17, 15) is 13.2 Å². The molecule has 2 aromatic carbocycles. The van der Waals surface area contributed by atoms with E-state index in [1.165, 1.54) is 11.8 Å². The maximum Gasteiger partial charge on any atom is 0.243 e. The first-order chi connectivity index (χ1) is 13.9. The molecule has 1 N–H and O–H groups in total. The lowest BCUT2D eigenvalue weighted by molar-refractivity contribution is -0.115. The first kappa shape index (κ1) is 22.2. The lowest BCUT2D eigenvalue weighted by Crippen LogP contribution is -2.35. The normalized spacial score (nSPS) is 16.3. The Bertz CT molecular complexity index is 925. The summed E-state index contributed by atoms with van der Waals surface area (Å²) < 4.78 is 27.0. The standard InChI is InChI=1S/C21H25ClN2O3S2/c1-2-20(28-18-10-6-16(22)7-11-18)21(25)23-17-8-12-19(13-9-17)29(26,27)24-14-4-3-5-15-24/h6-13,20H,2-5,14-15H2,1H3,(H,23,25). The Hall–Kier alpha value is -1.54. The number of nitrogens with one attached hydrogen (secondary N) is 1. The number of thioether (sulfide) groups is 1. The fraction of sp³-hybridized carbons (Fsp3) is 0.381. The van der Waals surface area contributed by atoms with Gasteiger partial charge in [-0.3, -0.25) is 4.79 Å². The third-order valence-corrected chi connectivity index (χ3v) is 8.37. The molecule has 3 rings (SSSR count). The van der Waals surface area contributed by atoms with Crippen LogP contribution in [-0.2, 0) is 14.8 Å². The van der Waals surface area contributed by atoms with E-state index in [0.717, 1.165) is 24.2 Å². The SMILES string of the molecule is CCC(Sc1ccc(Cl)cc1)C(=O)Nc1ccc(S(=O)(=O)N2CCCCC2)cc1. The Kier molecular flexibility index (Phi) is 7.62. The summed E-state index contributed by atoms with van der Waals surface area (Å²) in [4.78, 5) is 13.9. The monoisotopic (exact) mass is 452 g/mol. The average molecular weight is 453 g/mol. The molecule has 1 aliphatic heterocycles. The summed E-state index contributed by atoms with van der Waals surface area (Å²) in [7, 11) is -3.47. The van der Waals surface area contributed by atoms with Gasteiger partial charge in [-0.2, -0.15) is 4.31 Å². The third-order valence-electron chi connectivity index (χ3n) is 4.83. The van der Waals surface area contributed by atoms with Crippen LogP contribution in [0.15, 0.2) is 58.3 Å². The predicted octanol–water partition coefficient (Wildman–Crippen LogP) is 5.02. The molecule has 1 saturated heterocycles. The van der Waals surface area contributed by atoms with Crippen LogP contribution in [0.5, 0.6) is 0 Å². The van der Waals surface area contributed by atoms with Crippen LogP contribution in [0.2, 0.25) is 5.02 Å². The van der Waals surface area contributed by atoms with Crippen LogP contribution in [-0.4, -0.2) is 37.0 Å². The minimum Gasteiger partial charge on any atom is -0.325 e. The van der Waals surface area contributed by atoms with Gasteiger partial charge < -0.3 is 5.32 Å². The van der Waals surface area contributed by atoms with Crippen molar-refractivity contribution in [3.05, 3.63) is 53.6 Å². The molecule has 29 heavy (non-hydrogen) atoms. The molecule has 0 aliphatic carbocycles. The topological polar surface area (TPSA) is 66.5 Å². The Morgan fingerprint density at radius 2 is 1.69 bits per heavy atom. The highest BCUT2D eigenvalue weighted by Crippen LogP contribution is 2.28. The molecule has 1 unspecified atom stereocenters. The quantitative estimate of drug-likeness (QED) is 0.598. The molecule has 8 heteroatoms. The van der Waals surface area contributed by atoms with Crippen molar-refractivity contribution in [2.75, 3.05) is 18.4 Å². The molecule has 2 aromatic rings. The highest BCUT2D eigenvalue weighted by molar-refractivity contribution is 8.00. The van der Waals surface area contributed by atoms with Gasteiger partial charge in [-0.15, -0.1) is 11.8 Å². The van der Waals surface area contributed by atoms with Crippen LogP contribution in [0.4, 0.5) is 5.69 Å². The number of hydrogen-bond donors (Lipinski definition) is 1. The van der Waals surface area contributed by atoms with Crippen molar-refractivity contribution >= 4 is 45.0 Å². The van der Waals surface area contributed by atoms with Crippen molar-refractivity contribution in [2.45, 2.75) is 47.6 Å². The molecular formula is C21H25ClN2O3S2. The van der Waals surface area contributed by atoms with Crippen molar-refractivity contribution in [2.24, 2.45) is 0 Å². The van der Waals surface area contributed by atoms with Gasteiger partial charge in [-0.25, -0.2) is 8.42 Å². The molecule has 0 aromatic heterocycles. The minimum atomic E-state index is -3.47. The zero-order chi connectivity index (χ0) is 20.9. The van der Waals surface area contributed by atoms with Gasteiger partial charge in [-0.1, -0.05) is 24.9 Å². The number of rotatable bonds is 7. The maximum atomic E-state index is 12.7.